The molecule has 6 heteroatoms. The van der Waals surface area contributed by atoms with Crippen LogP contribution in [0.5, 0.6) is 0 Å². The predicted octanol–water partition coefficient (Wildman–Crippen LogP) is 2.86. The highest BCUT2D eigenvalue weighted by Gasteiger charge is 2.25. The van der Waals surface area contributed by atoms with Gasteiger partial charge in [-0.3, -0.25) is 9.80 Å². The molecule has 0 saturated carbocycles. The van der Waals surface area contributed by atoms with Crippen LogP contribution in [0.25, 0.3) is 0 Å². The molecule has 0 N–H and O–H groups in total. The largest absolute Gasteiger partial charge is 0.379 e. The standard InChI is InChI=1S/C17H25N3O2S/c1-13-15(14(2)22-18-13)11-19(3)12-16(17-5-4-10-23-17)20-6-8-21-9-7-20/h4-5,10,16H,6-9,11-12H2,1-3H3/t16-/m0/s1. The number of rotatable bonds is 6. The number of nitrogens with zero attached hydrogens (tertiary/aromatic N) is 3. The van der Waals surface area contributed by atoms with Crippen molar-refractivity contribution in [1.82, 2.24) is 15.0 Å². The first-order chi connectivity index (χ1) is 11.1. The molecule has 5 nitrogen and oxygen atoms in total. The monoisotopic (exact) mass is 335 g/mol. The molecule has 1 saturated heterocycles. The van der Waals surface area contributed by atoms with E-state index in [4.69, 9.17) is 9.26 Å². The van der Waals surface area contributed by atoms with Gasteiger partial charge in [0.15, 0.2) is 0 Å². The molecule has 3 rings (SSSR count). The molecule has 23 heavy (non-hydrogen) atoms. The number of ether oxygens (including phenoxy) is 1. The highest BCUT2D eigenvalue weighted by molar-refractivity contribution is 7.10. The first-order valence-electron chi connectivity index (χ1n) is 8.10. The summed E-state index contributed by atoms with van der Waals surface area (Å²) in [7, 11) is 2.17. The second-order valence-electron chi connectivity index (χ2n) is 6.18. The summed E-state index contributed by atoms with van der Waals surface area (Å²) < 4.78 is 10.8. The number of morpholine rings is 1. The van der Waals surface area contributed by atoms with E-state index in [0.717, 1.165) is 50.8 Å². The fraction of sp³-hybridized carbons (Fsp3) is 0.588. The Morgan fingerprint density at radius 1 is 1.35 bits per heavy atom. The molecule has 0 amide bonds. The average Bonchev–Trinajstić information content (AvgIpc) is 3.19. The van der Waals surface area contributed by atoms with Crippen LogP contribution in [0.4, 0.5) is 0 Å². The molecule has 1 fully saturated rings. The topological polar surface area (TPSA) is 41.7 Å². The van der Waals surface area contributed by atoms with Gasteiger partial charge in [-0.25, -0.2) is 0 Å². The van der Waals surface area contributed by atoms with Crippen LogP contribution in [-0.4, -0.2) is 54.9 Å². The molecule has 0 aromatic carbocycles. The van der Waals surface area contributed by atoms with Crippen LogP contribution in [0.1, 0.15) is 27.9 Å². The summed E-state index contributed by atoms with van der Waals surface area (Å²) in [5.74, 6) is 0.924. The van der Waals surface area contributed by atoms with Crippen LogP contribution < -0.4 is 0 Å². The van der Waals surface area contributed by atoms with Crippen molar-refractivity contribution in [3.05, 3.63) is 39.4 Å². The molecule has 0 unspecified atom stereocenters. The van der Waals surface area contributed by atoms with Gasteiger partial charge in [-0.1, -0.05) is 11.2 Å². The van der Waals surface area contributed by atoms with Gasteiger partial charge in [-0.05, 0) is 32.3 Å². The lowest BCUT2D eigenvalue weighted by Gasteiger charge is -2.36. The second-order valence-corrected chi connectivity index (χ2v) is 7.16. The maximum absolute atomic E-state index is 5.52. The van der Waals surface area contributed by atoms with Crippen molar-refractivity contribution < 1.29 is 9.26 Å². The van der Waals surface area contributed by atoms with E-state index in [-0.39, 0.29) is 0 Å². The highest BCUT2D eigenvalue weighted by atomic mass is 32.1. The maximum Gasteiger partial charge on any atom is 0.138 e. The average molecular weight is 335 g/mol. The predicted molar refractivity (Wildman–Crippen MR) is 91.8 cm³/mol. The van der Waals surface area contributed by atoms with Crippen molar-refractivity contribution in [2.24, 2.45) is 0 Å². The number of thiophene rings is 1. The molecule has 0 aliphatic carbocycles. The van der Waals surface area contributed by atoms with E-state index in [9.17, 15) is 0 Å². The SMILES string of the molecule is Cc1noc(C)c1CN(C)C[C@@H](c1cccs1)N1CCOCC1. The third-order valence-electron chi connectivity index (χ3n) is 4.45. The summed E-state index contributed by atoms with van der Waals surface area (Å²) >= 11 is 1.84. The summed E-state index contributed by atoms with van der Waals surface area (Å²) in [4.78, 5) is 6.34. The minimum Gasteiger partial charge on any atom is -0.379 e. The summed E-state index contributed by atoms with van der Waals surface area (Å²) in [6, 6.07) is 4.81. The second kappa shape index (κ2) is 7.57. The number of aryl methyl sites for hydroxylation is 2. The van der Waals surface area contributed by atoms with E-state index in [0.29, 0.717) is 6.04 Å². The van der Waals surface area contributed by atoms with Crippen LogP contribution in [0.2, 0.25) is 0 Å². The maximum atomic E-state index is 5.52. The molecule has 2 aromatic rings. The van der Waals surface area contributed by atoms with Gasteiger partial charge >= 0.3 is 0 Å². The van der Waals surface area contributed by atoms with E-state index in [2.05, 4.69) is 39.5 Å². The van der Waals surface area contributed by atoms with Gasteiger partial charge in [0.1, 0.15) is 5.76 Å². The van der Waals surface area contributed by atoms with Crippen LogP contribution in [0.3, 0.4) is 0 Å². The highest BCUT2D eigenvalue weighted by Crippen LogP contribution is 2.27. The molecule has 3 heterocycles. The van der Waals surface area contributed by atoms with Gasteiger partial charge in [-0.2, -0.15) is 0 Å². The Balaban J connectivity index is 1.70. The summed E-state index contributed by atoms with van der Waals surface area (Å²) in [6.45, 7) is 9.52. The molecule has 126 valence electrons. The van der Waals surface area contributed by atoms with Gasteiger partial charge in [0.05, 0.1) is 24.9 Å². The molecule has 0 radical (unpaired) electrons. The van der Waals surface area contributed by atoms with Crippen LogP contribution >= 0.6 is 11.3 Å². The molecule has 1 aliphatic rings. The minimum atomic E-state index is 0.421. The fourth-order valence-electron chi connectivity index (χ4n) is 3.11. The van der Waals surface area contributed by atoms with Gasteiger partial charge in [0, 0.05) is 36.6 Å². The quantitative estimate of drug-likeness (QED) is 0.812. The zero-order valence-corrected chi connectivity index (χ0v) is 14.9. The van der Waals surface area contributed by atoms with Crippen molar-refractivity contribution in [2.45, 2.75) is 26.4 Å². The zero-order valence-electron chi connectivity index (χ0n) is 14.1. The molecule has 1 atom stereocenters. The number of hydrogen-bond acceptors (Lipinski definition) is 6. The summed E-state index contributed by atoms with van der Waals surface area (Å²) in [5, 5.41) is 6.23. The van der Waals surface area contributed by atoms with E-state index in [1.165, 1.54) is 10.4 Å². The Kier molecular flexibility index (Phi) is 5.48. The third-order valence-corrected chi connectivity index (χ3v) is 5.43. The lowest BCUT2D eigenvalue weighted by molar-refractivity contribution is 0.00961. The van der Waals surface area contributed by atoms with Crippen molar-refractivity contribution in [2.75, 3.05) is 39.9 Å². The first kappa shape index (κ1) is 16.6. The van der Waals surface area contributed by atoms with Crippen molar-refractivity contribution in [1.29, 1.82) is 0 Å². The molecule has 0 bridgehead atoms. The van der Waals surface area contributed by atoms with Gasteiger partial charge in [0.25, 0.3) is 0 Å². The smallest absolute Gasteiger partial charge is 0.138 e. The number of aromatic nitrogens is 1. The molecular weight excluding hydrogens is 310 g/mol. The lowest BCUT2D eigenvalue weighted by Crippen LogP contribution is -2.42. The Morgan fingerprint density at radius 2 is 2.13 bits per heavy atom. The van der Waals surface area contributed by atoms with Crippen molar-refractivity contribution >= 4 is 11.3 Å². The van der Waals surface area contributed by atoms with Gasteiger partial charge in [-0.15, -0.1) is 11.3 Å². The molecule has 1 aliphatic heterocycles. The van der Waals surface area contributed by atoms with Crippen LogP contribution in [0.15, 0.2) is 22.0 Å². The first-order valence-corrected chi connectivity index (χ1v) is 8.98. The molecular formula is C17H25N3O2S. The number of likely N-dealkylation sites (N-methyl/N-ethyl adjacent to an activating group) is 1. The van der Waals surface area contributed by atoms with E-state index < -0.39 is 0 Å². The van der Waals surface area contributed by atoms with Crippen molar-refractivity contribution in [3.8, 4) is 0 Å². The third kappa shape index (κ3) is 4.01. The van der Waals surface area contributed by atoms with Crippen LogP contribution in [0, 0.1) is 13.8 Å². The molecule has 0 spiro atoms. The zero-order chi connectivity index (χ0) is 16.2. The Morgan fingerprint density at radius 3 is 2.74 bits per heavy atom. The summed E-state index contributed by atoms with van der Waals surface area (Å²) in [6.07, 6.45) is 0. The Labute approximate surface area is 141 Å². The van der Waals surface area contributed by atoms with E-state index >= 15 is 0 Å². The fourth-order valence-corrected chi connectivity index (χ4v) is 3.96. The van der Waals surface area contributed by atoms with Crippen molar-refractivity contribution in [3.63, 3.8) is 0 Å². The van der Waals surface area contributed by atoms with Gasteiger partial charge < -0.3 is 9.26 Å². The number of hydrogen-bond donors (Lipinski definition) is 0. The van der Waals surface area contributed by atoms with Gasteiger partial charge in [0.2, 0.25) is 0 Å². The molecule has 2 aromatic heterocycles. The Hall–Kier alpha value is -1.21. The van der Waals surface area contributed by atoms with Crippen LogP contribution in [-0.2, 0) is 11.3 Å². The van der Waals surface area contributed by atoms with E-state index in [1.807, 2.05) is 25.2 Å². The van der Waals surface area contributed by atoms with E-state index in [1.54, 1.807) is 0 Å². The minimum absolute atomic E-state index is 0.421. The Bertz CT molecular complexity index is 586. The normalized spacial score (nSPS) is 17.7. The summed E-state index contributed by atoms with van der Waals surface area (Å²) in [5.41, 5.74) is 2.20. The lowest BCUT2D eigenvalue weighted by atomic mass is 10.1.